The molecule has 0 fully saturated rings. The van der Waals surface area contributed by atoms with Gasteiger partial charge in [-0.1, -0.05) is 22.0 Å². The first-order valence-electron chi connectivity index (χ1n) is 7.49. The molecule has 0 atom stereocenters. The van der Waals surface area contributed by atoms with Crippen molar-refractivity contribution in [2.24, 2.45) is 0 Å². The molecule has 6 nitrogen and oxygen atoms in total. The van der Waals surface area contributed by atoms with Crippen molar-refractivity contribution < 1.29 is 17.9 Å². The molecule has 0 saturated carbocycles. The quantitative estimate of drug-likeness (QED) is 0.666. The second kappa shape index (κ2) is 8.57. The van der Waals surface area contributed by atoms with Gasteiger partial charge in [0.25, 0.3) is 5.91 Å². The van der Waals surface area contributed by atoms with Crippen LogP contribution >= 0.6 is 15.9 Å². The van der Waals surface area contributed by atoms with Gasteiger partial charge in [0, 0.05) is 29.4 Å². The Kier molecular flexibility index (Phi) is 6.71. The van der Waals surface area contributed by atoms with Gasteiger partial charge < -0.3 is 10.1 Å². The van der Waals surface area contributed by atoms with Crippen molar-refractivity contribution in [3.8, 4) is 0 Å². The summed E-state index contributed by atoms with van der Waals surface area (Å²) in [6.45, 7) is 2.30. The van der Waals surface area contributed by atoms with Gasteiger partial charge >= 0.3 is 0 Å². The van der Waals surface area contributed by atoms with Crippen molar-refractivity contribution >= 4 is 37.5 Å². The number of ether oxygens (including phenoxy) is 1. The number of nitrogens with one attached hydrogen (secondary N) is 2. The van der Waals surface area contributed by atoms with Crippen LogP contribution in [0.5, 0.6) is 0 Å². The minimum absolute atomic E-state index is 0.0313. The van der Waals surface area contributed by atoms with E-state index < -0.39 is 10.0 Å². The number of sulfonamides is 1. The number of amides is 1. The minimum atomic E-state index is -3.69. The molecule has 1 amide bonds. The summed E-state index contributed by atoms with van der Waals surface area (Å²) >= 11 is 3.37. The second-order valence-electron chi connectivity index (χ2n) is 5.33. The molecule has 0 aliphatic rings. The predicted molar refractivity (Wildman–Crippen MR) is 100 cm³/mol. The van der Waals surface area contributed by atoms with E-state index in [1.54, 1.807) is 12.1 Å². The number of methoxy groups -OCH3 is 1. The van der Waals surface area contributed by atoms with Crippen molar-refractivity contribution in [3.63, 3.8) is 0 Å². The highest BCUT2D eigenvalue weighted by Crippen LogP contribution is 2.21. The average molecular weight is 427 g/mol. The zero-order valence-electron chi connectivity index (χ0n) is 13.9. The van der Waals surface area contributed by atoms with Crippen molar-refractivity contribution in [1.29, 1.82) is 0 Å². The van der Waals surface area contributed by atoms with Crippen LogP contribution in [0.25, 0.3) is 0 Å². The molecule has 0 saturated heterocycles. The van der Waals surface area contributed by atoms with E-state index in [0.717, 1.165) is 10.0 Å². The molecule has 0 unspecified atom stereocenters. The fourth-order valence-electron chi connectivity index (χ4n) is 2.13. The first-order chi connectivity index (χ1) is 11.8. The number of carbonyl (C=O) groups excluding carboxylic acids is 1. The van der Waals surface area contributed by atoms with Crippen molar-refractivity contribution in [1.82, 2.24) is 4.72 Å². The van der Waals surface area contributed by atoms with Crippen LogP contribution in [-0.2, 0) is 14.8 Å². The molecular weight excluding hydrogens is 408 g/mol. The van der Waals surface area contributed by atoms with Gasteiger partial charge in [-0.05, 0) is 48.9 Å². The molecule has 0 radical (unpaired) electrons. The third-order valence-electron chi connectivity index (χ3n) is 3.44. The van der Waals surface area contributed by atoms with Gasteiger partial charge in [0.2, 0.25) is 10.0 Å². The lowest BCUT2D eigenvalue weighted by atomic mass is 10.1. The first kappa shape index (κ1) is 19.6. The monoisotopic (exact) mass is 426 g/mol. The second-order valence-corrected chi connectivity index (χ2v) is 8.01. The van der Waals surface area contributed by atoms with E-state index in [-0.39, 0.29) is 29.5 Å². The molecule has 0 aromatic heterocycles. The Bertz CT molecular complexity index is 869. The summed E-state index contributed by atoms with van der Waals surface area (Å²) in [4.78, 5) is 12.5. The van der Waals surface area contributed by atoms with E-state index in [0.29, 0.717) is 5.69 Å². The zero-order chi connectivity index (χ0) is 18.4. The molecule has 134 valence electrons. The molecule has 2 rings (SSSR count). The van der Waals surface area contributed by atoms with E-state index in [9.17, 15) is 13.2 Å². The lowest BCUT2D eigenvalue weighted by molar-refractivity contribution is 0.102. The van der Waals surface area contributed by atoms with Gasteiger partial charge in [-0.2, -0.15) is 0 Å². The fraction of sp³-hybridized carbons (Fsp3) is 0.235. The molecule has 0 spiro atoms. The lowest BCUT2D eigenvalue weighted by Gasteiger charge is -2.10. The fourth-order valence-corrected chi connectivity index (χ4v) is 3.66. The van der Waals surface area contributed by atoms with Crippen LogP contribution in [0.1, 0.15) is 15.9 Å². The Morgan fingerprint density at radius 2 is 1.96 bits per heavy atom. The van der Waals surface area contributed by atoms with Crippen LogP contribution in [0.4, 0.5) is 5.69 Å². The molecular formula is C17H19BrN2O4S. The summed E-state index contributed by atoms with van der Waals surface area (Å²) in [7, 11) is -2.20. The standard InChI is InChI=1S/C17H19BrN2O4S/c1-12-10-14(18)6-7-16(12)20-17(21)13-4-3-5-15(11-13)25(22,23)19-8-9-24-2/h3-7,10-11,19H,8-9H2,1-2H3,(H,20,21). The highest BCUT2D eigenvalue weighted by Gasteiger charge is 2.16. The summed E-state index contributed by atoms with van der Waals surface area (Å²) in [6.07, 6.45) is 0. The van der Waals surface area contributed by atoms with Gasteiger partial charge in [0.1, 0.15) is 0 Å². The molecule has 8 heteroatoms. The number of hydrogen-bond acceptors (Lipinski definition) is 4. The number of benzene rings is 2. The molecule has 2 aromatic carbocycles. The summed E-state index contributed by atoms with van der Waals surface area (Å²) < 4.78 is 32.6. The maximum Gasteiger partial charge on any atom is 0.255 e. The molecule has 25 heavy (non-hydrogen) atoms. The Balaban J connectivity index is 2.18. The van der Waals surface area contributed by atoms with Crippen LogP contribution in [-0.4, -0.2) is 34.6 Å². The molecule has 2 aromatic rings. The van der Waals surface area contributed by atoms with E-state index >= 15 is 0 Å². The van der Waals surface area contributed by atoms with Crippen LogP contribution in [0, 0.1) is 6.92 Å². The Morgan fingerprint density at radius 1 is 1.20 bits per heavy atom. The molecule has 0 aliphatic carbocycles. The highest BCUT2D eigenvalue weighted by molar-refractivity contribution is 9.10. The Hall–Kier alpha value is -1.74. The number of carbonyl (C=O) groups is 1. The van der Waals surface area contributed by atoms with Gasteiger partial charge in [-0.3, -0.25) is 4.79 Å². The van der Waals surface area contributed by atoms with Gasteiger partial charge in [0.05, 0.1) is 11.5 Å². The van der Waals surface area contributed by atoms with Crippen molar-refractivity contribution in [3.05, 3.63) is 58.1 Å². The maximum atomic E-state index is 12.4. The molecule has 0 bridgehead atoms. The van der Waals surface area contributed by atoms with Crippen LogP contribution < -0.4 is 10.0 Å². The SMILES string of the molecule is COCCNS(=O)(=O)c1cccc(C(=O)Nc2ccc(Br)cc2C)c1. The average Bonchev–Trinajstić information content (AvgIpc) is 2.57. The first-order valence-corrected chi connectivity index (χ1v) is 9.77. The highest BCUT2D eigenvalue weighted by atomic mass is 79.9. The largest absolute Gasteiger partial charge is 0.383 e. The third-order valence-corrected chi connectivity index (χ3v) is 5.39. The maximum absolute atomic E-state index is 12.4. The molecule has 0 heterocycles. The lowest BCUT2D eigenvalue weighted by Crippen LogP contribution is -2.27. The van der Waals surface area contributed by atoms with Crippen LogP contribution in [0.3, 0.4) is 0 Å². The zero-order valence-corrected chi connectivity index (χ0v) is 16.3. The van der Waals surface area contributed by atoms with E-state index in [1.165, 1.54) is 25.3 Å². The van der Waals surface area contributed by atoms with Gasteiger partial charge in [-0.25, -0.2) is 13.1 Å². The number of rotatable bonds is 7. The number of halogens is 1. The van der Waals surface area contributed by atoms with Crippen LogP contribution in [0.2, 0.25) is 0 Å². The molecule has 0 aliphatic heterocycles. The minimum Gasteiger partial charge on any atom is -0.383 e. The number of anilines is 1. The predicted octanol–water partition coefficient (Wildman–Crippen LogP) is 2.93. The van der Waals surface area contributed by atoms with Gasteiger partial charge in [0.15, 0.2) is 0 Å². The number of aryl methyl sites for hydroxylation is 1. The summed E-state index contributed by atoms with van der Waals surface area (Å²) in [6, 6.07) is 11.4. The normalized spacial score (nSPS) is 11.3. The van der Waals surface area contributed by atoms with E-state index in [2.05, 4.69) is 26.0 Å². The molecule has 2 N–H and O–H groups in total. The summed E-state index contributed by atoms with van der Waals surface area (Å²) in [5.74, 6) is -0.376. The van der Waals surface area contributed by atoms with Gasteiger partial charge in [-0.15, -0.1) is 0 Å². The van der Waals surface area contributed by atoms with Crippen molar-refractivity contribution in [2.45, 2.75) is 11.8 Å². The van der Waals surface area contributed by atoms with E-state index in [4.69, 9.17) is 4.74 Å². The number of hydrogen-bond donors (Lipinski definition) is 2. The third kappa shape index (κ3) is 5.37. The Morgan fingerprint density at radius 3 is 2.64 bits per heavy atom. The Labute approximate surface area is 155 Å². The van der Waals surface area contributed by atoms with Crippen molar-refractivity contribution in [2.75, 3.05) is 25.6 Å². The summed E-state index contributed by atoms with van der Waals surface area (Å²) in [5, 5.41) is 2.79. The smallest absolute Gasteiger partial charge is 0.255 e. The van der Waals surface area contributed by atoms with E-state index in [1.807, 2.05) is 19.1 Å². The van der Waals surface area contributed by atoms with Crippen LogP contribution in [0.15, 0.2) is 51.8 Å². The topological polar surface area (TPSA) is 84.5 Å². The summed E-state index contributed by atoms with van der Waals surface area (Å²) in [5.41, 5.74) is 1.82.